The van der Waals surface area contributed by atoms with Gasteiger partial charge in [-0.05, 0) is 25.1 Å². The highest BCUT2D eigenvalue weighted by atomic mass is 15.2. The quantitative estimate of drug-likeness (QED) is 0.650. The van der Waals surface area contributed by atoms with Crippen LogP contribution in [-0.2, 0) is 0 Å². The zero-order valence-corrected chi connectivity index (χ0v) is 9.83. The second-order valence-corrected chi connectivity index (χ2v) is 4.07. The van der Waals surface area contributed by atoms with Crippen LogP contribution < -0.4 is 0 Å². The van der Waals surface area contributed by atoms with Crippen molar-refractivity contribution in [2.75, 3.05) is 0 Å². The second kappa shape index (κ2) is 3.97. The van der Waals surface area contributed by atoms with E-state index in [0.717, 1.165) is 22.6 Å². The summed E-state index contributed by atoms with van der Waals surface area (Å²) in [5.41, 5.74) is 4.41. The van der Waals surface area contributed by atoms with Crippen molar-refractivity contribution in [3.05, 3.63) is 53.9 Å². The molecule has 0 saturated carbocycles. The van der Waals surface area contributed by atoms with Crippen LogP contribution in [0.15, 0.2) is 42.6 Å². The molecule has 1 aromatic carbocycles. The average molecular weight is 234 g/mol. The van der Waals surface area contributed by atoms with Crippen LogP contribution in [0.1, 0.15) is 11.3 Å². The van der Waals surface area contributed by atoms with E-state index in [1.165, 1.54) is 0 Å². The molecule has 2 heterocycles. The minimum absolute atomic E-state index is 0.654. The van der Waals surface area contributed by atoms with Crippen LogP contribution in [0, 0.1) is 18.3 Å². The van der Waals surface area contributed by atoms with Crippen LogP contribution in [0.4, 0.5) is 0 Å². The Morgan fingerprint density at radius 2 is 1.94 bits per heavy atom. The number of fused-ring (bicyclic) bond motifs is 1. The molecule has 0 aliphatic carbocycles. The zero-order valence-electron chi connectivity index (χ0n) is 9.83. The lowest BCUT2D eigenvalue weighted by Crippen LogP contribution is -1.97. The summed E-state index contributed by atoms with van der Waals surface area (Å²) >= 11 is 0. The first-order chi connectivity index (χ1) is 8.78. The molecule has 0 unspecified atom stereocenters. The number of benzene rings is 1. The highest BCUT2D eigenvalue weighted by Gasteiger charge is 2.05. The van der Waals surface area contributed by atoms with E-state index in [4.69, 9.17) is 5.26 Å². The first-order valence-corrected chi connectivity index (χ1v) is 5.60. The SMILES string of the molecule is Cc1cc(-c2ccc(C#N)cc2)nc2ccnn12. The smallest absolute Gasteiger partial charge is 0.155 e. The molecule has 0 amide bonds. The molecule has 0 N–H and O–H groups in total. The molecule has 0 spiro atoms. The molecule has 3 rings (SSSR count). The molecule has 0 fully saturated rings. The normalized spacial score (nSPS) is 10.4. The molecule has 0 radical (unpaired) electrons. The number of hydrogen-bond acceptors (Lipinski definition) is 3. The van der Waals surface area contributed by atoms with Gasteiger partial charge in [0.15, 0.2) is 5.65 Å². The van der Waals surface area contributed by atoms with Gasteiger partial charge in [0.05, 0.1) is 23.5 Å². The maximum Gasteiger partial charge on any atom is 0.155 e. The summed E-state index contributed by atoms with van der Waals surface area (Å²) < 4.78 is 1.80. The highest BCUT2D eigenvalue weighted by Crippen LogP contribution is 2.19. The Bertz CT molecular complexity index is 748. The van der Waals surface area contributed by atoms with Gasteiger partial charge in [-0.1, -0.05) is 12.1 Å². The van der Waals surface area contributed by atoms with Gasteiger partial charge in [0.1, 0.15) is 0 Å². The number of rotatable bonds is 1. The Labute approximate surface area is 104 Å². The summed E-state index contributed by atoms with van der Waals surface area (Å²) in [5.74, 6) is 0. The van der Waals surface area contributed by atoms with Crippen molar-refractivity contribution in [3.63, 3.8) is 0 Å². The third-order valence-corrected chi connectivity index (χ3v) is 2.85. The predicted molar refractivity (Wildman–Crippen MR) is 67.9 cm³/mol. The van der Waals surface area contributed by atoms with Crippen molar-refractivity contribution < 1.29 is 0 Å². The van der Waals surface area contributed by atoms with Gasteiger partial charge in [-0.15, -0.1) is 0 Å². The van der Waals surface area contributed by atoms with E-state index < -0.39 is 0 Å². The summed E-state index contributed by atoms with van der Waals surface area (Å²) in [6.07, 6.45) is 1.73. The standard InChI is InChI=1S/C14H10N4/c1-10-8-13(17-14-6-7-16-18(10)14)12-4-2-11(9-15)3-5-12/h2-8H,1H3. The number of nitriles is 1. The molecular formula is C14H10N4. The first-order valence-electron chi connectivity index (χ1n) is 5.60. The summed E-state index contributed by atoms with van der Waals surface area (Å²) in [5, 5.41) is 13.0. The number of hydrogen-bond donors (Lipinski definition) is 0. The van der Waals surface area contributed by atoms with Crippen LogP contribution in [-0.4, -0.2) is 14.6 Å². The fourth-order valence-corrected chi connectivity index (χ4v) is 1.93. The Kier molecular flexibility index (Phi) is 2.31. The minimum Gasteiger partial charge on any atom is -0.229 e. The van der Waals surface area contributed by atoms with Crippen LogP contribution in [0.2, 0.25) is 0 Å². The first kappa shape index (κ1) is 10.5. The molecule has 0 bridgehead atoms. The van der Waals surface area contributed by atoms with Gasteiger partial charge in [0.2, 0.25) is 0 Å². The third kappa shape index (κ3) is 1.62. The Morgan fingerprint density at radius 1 is 1.17 bits per heavy atom. The molecule has 0 saturated heterocycles. The van der Waals surface area contributed by atoms with E-state index in [2.05, 4.69) is 16.2 Å². The fraction of sp³-hybridized carbons (Fsp3) is 0.0714. The van der Waals surface area contributed by atoms with E-state index in [0.29, 0.717) is 5.56 Å². The van der Waals surface area contributed by atoms with E-state index in [-0.39, 0.29) is 0 Å². The van der Waals surface area contributed by atoms with Crippen LogP contribution in [0.25, 0.3) is 16.9 Å². The molecule has 3 aromatic rings. The maximum absolute atomic E-state index is 8.78. The van der Waals surface area contributed by atoms with Crippen molar-refractivity contribution >= 4 is 5.65 Å². The van der Waals surface area contributed by atoms with Gasteiger partial charge in [-0.2, -0.15) is 10.4 Å². The highest BCUT2D eigenvalue weighted by molar-refractivity contribution is 5.63. The lowest BCUT2D eigenvalue weighted by atomic mass is 10.1. The molecule has 86 valence electrons. The van der Waals surface area contributed by atoms with Gasteiger partial charge in [-0.25, -0.2) is 9.50 Å². The summed E-state index contributed by atoms with van der Waals surface area (Å²) in [6.45, 7) is 1.99. The van der Waals surface area contributed by atoms with E-state index >= 15 is 0 Å². The zero-order chi connectivity index (χ0) is 12.5. The van der Waals surface area contributed by atoms with E-state index in [9.17, 15) is 0 Å². The molecule has 0 aliphatic rings. The van der Waals surface area contributed by atoms with Crippen LogP contribution in [0.3, 0.4) is 0 Å². The van der Waals surface area contributed by atoms with Crippen molar-refractivity contribution in [2.24, 2.45) is 0 Å². The largest absolute Gasteiger partial charge is 0.229 e. The van der Waals surface area contributed by atoms with Crippen molar-refractivity contribution in [1.82, 2.24) is 14.6 Å². The van der Waals surface area contributed by atoms with Gasteiger partial charge < -0.3 is 0 Å². The van der Waals surface area contributed by atoms with Gasteiger partial charge in [0, 0.05) is 17.3 Å². The average Bonchev–Trinajstić information content (AvgIpc) is 2.88. The van der Waals surface area contributed by atoms with Crippen LogP contribution in [0.5, 0.6) is 0 Å². The van der Waals surface area contributed by atoms with Gasteiger partial charge in [0.25, 0.3) is 0 Å². The molecule has 0 aliphatic heterocycles. The molecular weight excluding hydrogens is 224 g/mol. The Morgan fingerprint density at radius 3 is 2.67 bits per heavy atom. The molecule has 0 atom stereocenters. The summed E-state index contributed by atoms with van der Waals surface area (Å²) in [4.78, 5) is 4.54. The minimum atomic E-state index is 0.654. The van der Waals surface area contributed by atoms with E-state index in [1.807, 2.05) is 31.2 Å². The Balaban J connectivity index is 2.15. The molecule has 4 heteroatoms. The van der Waals surface area contributed by atoms with E-state index in [1.54, 1.807) is 22.8 Å². The van der Waals surface area contributed by atoms with Crippen molar-refractivity contribution in [3.8, 4) is 17.3 Å². The number of nitrogens with zero attached hydrogens (tertiary/aromatic N) is 4. The summed E-state index contributed by atoms with van der Waals surface area (Å²) in [7, 11) is 0. The van der Waals surface area contributed by atoms with Gasteiger partial charge in [-0.3, -0.25) is 0 Å². The van der Waals surface area contributed by atoms with Gasteiger partial charge >= 0.3 is 0 Å². The van der Waals surface area contributed by atoms with Crippen molar-refractivity contribution in [2.45, 2.75) is 6.92 Å². The summed E-state index contributed by atoms with van der Waals surface area (Å²) in [6, 6.07) is 13.4. The lowest BCUT2D eigenvalue weighted by Gasteiger charge is -2.04. The number of aromatic nitrogens is 3. The predicted octanol–water partition coefficient (Wildman–Crippen LogP) is 2.58. The topological polar surface area (TPSA) is 54.0 Å². The molecule has 18 heavy (non-hydrogen) atoms. The monoisotopic (exact) mass is 234 g/mol. The maximum atomic E-state index is 8.78. The number of aryl methyl sites for hydroxylation is 1. The molecule has 2 aromatic heterocycles. The lowest BCUT2D eigenvalue weighted by molar-refractivity contribution is 0.896. The molecule has 4 nitrogen and oxygen atoms in total. The Hall–Kier alpha value is -2.67. The fourth-order valence-electron chi connectivity index (χ4n) is 1.93. The third-order valence-electron chi connectivity index (χ3n) is 2.85. The van der Waals surface area contributed by atoms with Crippen molar-refractivity contribution in [1.29, 1.82) is 5.26 Å². The second-order valence-electron chi connectivity index (χ2n) is 4.07. The van der Waals surface area contributed by atoms with Crippen LogP contribution >= 0.6 is 0 Å².